The van der Waals surface area contributed by atoms with Crippen LogP contribution >= 0.6 is 0 Å². The molecule has 0 aromatic heterocycles. The van der Waals surface area contributed by atoms with E-state index in [2.05, 4.69) is 97.1 Å². The van der Waals surface area contributed by atoms with Crippen molar-refractivity contribution in [3.63, 3.8) is 0 Å². The fraction of sp³-hybridized carbons (Fsp3) is 0.333. The molecule has 1 fully saturated rings. The molecule has 1 aliphatic rings. The number of ether oxygens (including phenoxy) is 1. The summed E-state index contributed by atoms with van der Waals surface area (Å²) in [5.74, 6) is 0.508. The fourth-order valence-corrected chi connectivity index (χ4v) is 3.88. The van der Waals surface area contributed by atoms with E-state index in [4.69, 9.17) is 4.74 Å². The third-order valence-corrected chi connectivity index (χ3v) is 6.15. The van der Waals surface area contributed by atoms with Crippen LogP contribution in [0.4, 0.5) is 0 Å². The monoisotopic (exact) mass is 442 g/mol. The molecule has 2 aromatic carbocycles. The van der Waals surface area contributed by atoms with Crippen molar-refractivity contribution in [2.24, 2.45) is 5.92 Å². The molecule has 0 saturated carbocycles. The summed E-state index contributed by atoms with van der Waals surface area (Å²) in [5.41, 5.74) is 4.89. The first-order chi connectivity index (χ1) is 16.2. The summed E-state index contributed by atoms with van der Waals surface area (Å²) < 4.78 is 5.86. The molecule has 0 spiro atoms. The van der Waals surface area contributed by atoms with E-state index in [1.54, 1.807) is 0 Å². The van der Waals surface area contributed by atoms with Crippen molar-refractivity contribution in [2.75, 3.05) is 13.1 Å². The van der Waals surface area contributed by atoms with Gasteiger partial charge in [0.2, 0.25) is 0 Å². The minimum atomic E-state index is 0.350. The van der Waals surface area contributed by atoms with Gasteiger partial charge < -0.3 is 15.4 Å². The third-order valence-electron chi connectivity index (χ3n) is 6.15. The first-order valence-corrected chi connectivity index (χ1v) is 12.0. The number of hydrogen-bond donors (Lipinski definition) is 2. The van der Waals surface area contributed by atoms with Crippen LogP contribution in [-0.2, 0) is 17.8 Å². The number of benzene rings is 2. The van der Waals surface area contributed by atoms with E-state index in [1.807, 2.05) is 12.2 Å². The number of rotatable bonds is 16. The van der Waals surface area contributed by atoms with Crippen molar-refractivity contribution >= 4 is 12.2 Å². The molecule has 0 aliphatic carbocycles. The van der Waals surface area contributed by atoms with Gasteiger partial charge >= 0.3 is 0 Å². The van der Waals surface area contributed by atoms with Gasteiger partial charge in [0.15, 0.2) is 0 Å². The lowest BCUT2D eigenvalue weighted by molar-refractivity contribution is 0.348. The quantitative estimate of drug-likeness (QED) is 0.186. The molecule has 3 nitrogen and oxygen atoms in total. The van der Waals surface area contributed by atoms with Crippen molar-refractivity contribution in [1.29, 1.82) is 0 Å². The normalized spacial score (nSPS) is 18.2. The molecular weight excluding hydrogens is 404 g/mol. The molecule has 3 atom stereocenters. The van der Waals surface area contributed by atoms with Gasteiger partial charge in [-0.2, -0.15) is 0 Å². The molecule has 3 heteroatoms. The van der Waals surface area contributed by atoms with Gasteiger partial charge in [-0.05, 0) is 47.4 Å². The second kappa shape index (κ2) is 13.7. The van der Waals surface area contributed by atoms with Crippen LogP contribution in [0.15, 0.2) is 86.5 Å². The zero-order valence-corrected chi connectivity index (χ0v) is 19.7. The minimum Gasteiger partial charge on any atom is -0.368 e. The number of nitrogens with one attached hydrogen (secondary N) is 2. The lowest BCUT2D eigenvalue weighted by Gasteiger charge is -2.09. The van der Waals surface area contributed by atoms with Gasteiger partial charge in [-0.3, -0.25) is 0 Å². The molecule has 3 unspecified atom stereocenters. The molecule has 1 heterocycles. The molecule has 1 aliphatic heterocycles. The summed E-state index contributed by atoms with van der Waals surface area (Å²) >= 11 is 0. The van der Waals surface area contributed by atoms with Gasteiger partial charge in [0.1, 0.15) is 0 Å². The molecule has 2 N–H and O–H groups in total. The Labute approximate surface area is 200 Å². The standard InChI is InChI=1S/C30H38N2O/c1-4-24(9-7-8-20-31-21-27-14-10-25(5-2)11-15-27)18-19-29-30(33-29)23-32-22-28-16-12-26(6-3)13-17-28/h4-8,10-17,24,29-32H,1-3,9,18-23H2/b8-7+. The molecule has 0 amide bonds. The average molecular weight is 443 g/mol. The highest BCUT2D eigenvalue weighted by atomic mass is 16.6. The van der Waals surface area contributed by atoms with Gasteiger partial charge in [0, 0.05) is 26.2 Å². The number of hydrogen-bond acceptors (Lipinski definition) is 3. The van der Waals surface area contributed by atoms with Gasteiger partial charge in [-0.1, -0.05) is 92.1 Å². The van der Waals surface area contributed by atoms with E-state index in [1.165, 1.54) is 11.1 Å². The molecular formula is C30H38N2O. The summed E-state index contributed by atoms with van der Waals surface area (Å²) in [4.78, 5) is 0. The third kappa shape index (κ3) is 8.97. The predicted molar refractivity (Wildman–Crippen MR) is 142 cm³/mol. The smallest absolute Gasteiger partial charge is 0.0965 e. The Morgan fingerprint density at radius 2 is 1.39 bits per heavy atom. The molecule has 33 heavy (non-hydrogen) atoms. The Bertz CT molecular complexity index is 898. The SMILES string of the molecule is C=Cc1ccc(CNC/C=C/CC(C=C)CCC2OC2CNCc2ccc(C=C)cc2)cc1. The Morgan fingerprint density at radius 1 is 0.788 bits per heavy atom. The van der Waals surface area contributed by atoms with E-state index in [-0.39, 0.29) is 0 Å². The minimum absolute atomic E-state index is 0.350. The maximum Gasteiger partial charge on any atom is 0.0965 e. The molecule has 0 radical (unpaired) electrons. The van der Waals surface area contributed by atoms with Crippen molar-refractivity contribution in [1.82, 2.24) is 10.6 Å². The average Bonchev–Trinajstić information content (AvgIpc) is 3.62. The maximum atomic E-state index is 5.86. The van der Waals surface area contributed by atoms with Crippen LogP contribution in [0, 0.1) is 5.92 Å². The lowest BCUT2D eigenvalue weighted by atomic mass is 9.97. The topological polar surface area (TPSA) is 36.6 Å². The van der Waals surface area contributed by atoms with Crippen molar-refractivity contribution in [2.45, 2.75) is 44.6 Å². The summed E-state index contributed by atoms with van der Waals surface area (Å²) in [5, 5.41) is 6.97. The molecule has 0 bridgehead atoms. The molecule has 174 valence electrons. The van der Waals surface area contributed by atoms with Gasteiger partial charge in [-0.25, -0.2) is 0 Å². The molecule has 3 rings (SSSR count). The predicted octanol–water partition coefficient (Wildman–Crippen LogP) is 6.15. The van der Waals surface area contributed by atoms with Crippen LogP contribution in [0.3, 0.4) is 0 Å². The van der Waals surface area contributed by atoms with Crippen LogP contribution in [0.2, 0.25) is 0 Å². The summed E-state index contributed by atoms with van der Waals surface area (Å²) in [6, 6.07) is 17.0. The van der Waals surface area contributed by atoms with Gasteiger partial charge in [-0.15, -0.1) is 6.58 Å². The first-order valence-electron chi connectivity index (χ1n) is 12.0. The Kier molecular flexibility index (Phi) is 10.4. The van der Waals surface area contributed by atoms with E-state index >= 15 is 0 Å². The lowest BCUT2D eigenvalue weighted by Crippen LogP contribution is -2.20. The molecule has 2 aromatic rings. The van der Waals surface area contributed by atoms with Gasteiger partial charge in [0.05, 0.1) is 12.2 Å². The fourth-order valence-electron chi connectivity index (χ4n) is 3.88. The Morgan fingerprint density at radius 3 is 1.97 bits per heavy atom. The van der Waals surface area contributed by atoms with Crippen molar-refractivity contribution < 1.29 is 4.74 Å². The zero-order valence-electron chi connectivity index (χ0n) is 19.7. The van der Waals surface area contributed by atoms with Crippen LogP contribution in [-0.4, -0.2) is 25.3 Å². The highest BCUT2D eigenvalue weighted by Crippen LogP contribution is 2.28. The van der Waals surface area contributed by atoms with E-state index in [0.717, 1.165) is 56.6 Å². The first kappa shape index (κ1) is 24.9. The van der Waals surface area contributed by atoms with Crippen molar-refractivity contribution in [3.05, 3.63) is 109 Å². The number of epoxide rings is 1. The van der Waals surface area contributed by atoms with E-state index < -0.39 is 0 Å². The van der Waals surface area contributed by atoms with Crippen LogP contribution in [0.5, 0.6) is 0 Å². The Balaban J connectivity index is 1.23. The second-order valence-electron chi connectivity index (χ2n) is 8.65. The second-order valence-corrected chi connectivity index (χ2v) is 8.65. The van der Waals surface area contributed by atoms with Gasteiger partial charge in [0.25, 0.3) is 0 Å². The van der Waals surface area contributed by atoms with Crippen molar-refractivity contribution in [3.8, 4) is 0 Å². The highest BCUT2D eigenvalue weighted by Gasteiger charge is 2.37. The Hall–Kier alpha value is -2.72. The van der Waals surface area contributed by atoms with E-state index in [0.29, 0.717) is 18.1 Å². The summed E-state index contributed by atoms with van der Waals surface area (Å²) in [7, 11) is 0. The zero-order chi connectivity index (χ0) is 23.3. The molecule has 1 saturated heterocycles. The van der Waals surface area contributed by atoms with E-state index in [9.17, 15) is 0 Å². The largest absolute Gasteiger partial charge is 0.368 e. The van der Waals surface area contributed by atoms with Crippen LogP contribution in [0.25, 0.3) is 12.2 Å². The summed E-state index contributed by atoms with van der Waals surface area (Å²) in [6.45, 7) is 15.1. The summed E-state index contributed by atoms with van der Waals surface area (Å²) in [6.07, 6.45) is 14.3. The number of allylic oxidation sites excluding steroid dienone is 2. The maximum absolute atomic E-state index is 5.86. The van der Waals surface area contributed by atoms with Crippen LogP contribution < -0.4 is 10.6 Å². The van der Waals surface area contributed by atoms with Crippen LogP contribution in [0.1, 0.15) is 41.5 Å². The highest BCUT2D eigenvalue weighted by molar-refractivity contribution is 5.47.